The van der Waals surface area contributed by atoms with E-state index in [0.717, 1.165) is 28.7 Å². The first-order chi connectivity index (χ1) is 40.4. The third kappa shape index (κ3) is 15.5. The van der Waals surface area contributed by atoms with Gasteiger partial charge in [-0.05, 0) is 81.2 Å². The molecule has 2 aromatic carbocycles. The number of carbonyl (C=O) groups excluding carboxylic acids is 8. The van der Waals surface area contributed by atoms with Crippen molar-refractivity contribution in [3.05, 3.63) is 123 Å². The van der Waals surface area contributed by atoms with Crippen molar-refractivity contribution in [2.24, 2.45) is 0 Å². The van der Waals surface area contributed by atoms with Gasteiger partial charge in [-0.3, -0.25) is 48.1 Å². The van der Waals surface area contributed by atoms with Crippen LogP contribution in [-0.4, -0.2) is 161 Å². The van der Waals surface area contributed by atoms with Crippen molar-refractivity contribution in [1.29, 1.82) is 0 Å². The molecule has 0 fully saturated rings. The van der Waals surface area contributed by atoms with E-state index in [1.165, 1.54) is 13.0 Å². The minimum absolute atomic E-state index is 0.0208. The third-order valence-corrected chi connectivity index (χ3v) is 15.6. The largest absolute Gasteiger partial charge is 0.490 e. The minimum atomic E-state index is -1.92. The Morgan fingerprint density at radius 1 is 0.859 bits per heavy atom. The van der Waals surface area contributed by atoms with Gasteiger partial charge in [0.2, 0.25) is 23.6 Å². The number of nitrogens with zero attached hydrogens (tertiary/aromatic N) is 3. The summed E-state index contributed by atoms with van der Waals surface area (Å²) in [6.45, 7) is 7.31. The molecule has 456 valence electrons. The van der Waals surface area contributed by atoms with Crippen LogP contribution in [-0.2, 0) is 79.4 Å². The average molecular weight is 1180 g/mol. The van der Waals surface area contributed by atoms with Gasteiger partial charge in [-0.2, -0.15) is 0 Å². The highest BCUT2D eigenvalue weighted by molar-refractivity contribution is 6.14. The molecule has 8 atom stereocenters. The SMILES string of the molecule is C=C1OCc2c(cc3n(c2=O)Cc2cc4c(CCCCOCNC(=O)[C@H](C)NC(=O)[C@H](Cc5ccccc5)NC(=O)CCC(=O)[C@H](CCC(=O)CC[C@H](O)[C@@H](O)[C@H](O)[C@H](O)CO)NC(=O)CN5C(=O)C=CC5=O)c(C)c(F)cc4nc2-3)[C@@]1(O)CC. The zero-order valence-corrected chi connectivity index (χ0v) is 47.4. The van der Waals surface area contributed by atoms with E-state index in [4.69, 9.17) is 19.6 Å². The number of aryl methyl sites for hydroxylation is 1. The predicted octanol–water partition coefficient (Wildman–Crippen LogP) is 0.484. The summed E-state index contributed by atoms with van der Waals surface area (Å²) in [4.78, 5) is 123. The van der Waals surface area contributed by atoms with Gasteiger partial charge in [0.1, 0.15) is 73.2 Å². The molecule has 4 aromatic rings. The number of hydrogen-bond donors (Lipinski definition) is 10. The van der Waals surface area contributed by atoms with Gasteiger partial charge in [0.05, 0.1) is 47.8 Å². The summed E-state index contributed by atoms with van der Waals surface area (Å²) in [6.07, 6.45) is -6.13. The van der Waals surface area contributed by atoms with Crippen LogP contribution in [0.3, 0.4) is 0 Å². The highest BCUT2D eigenvalue weighted by atomic mass is 19.1. The molecule has 25 heteroatoms. The molecule has 7 rings (SSSR count). The molecule has 0 unspecified atom stereocenters. The molecule has 3 aliphatic heterocycles. The fourth-order valence-electron chi connectivity index (χ4n) is 10.4. The van der Waals surface area contributed by atoms with E-state index in [1.54, 1.807) is 54.8 Å². The molecule has 0 radical (unpaired) electrons. The number of imide groups is 1. The summed E-state index contributed by atoms with van der Waals surface area (Å²) in [7, 11) is 0. The van der Waals surface area contributed by atoms with Crippen LogP contribution in [0.4, 0.5) is 4.39 Å². The monoisotopic (exact) mass is 1180 g/mol. The van der Waals surface area contributed by atoms with Crippen molar-refractivity contribution in [3.8, 4) is 11.4 Å². The highest BCUT2D eigenvalue weighted by Crippen LogP contribution is 2.42. The second-order valence-electron chi connectivity index (χ2n) is 21.5. The topological polar surface area (TPSA) is 363 Å². The number of amides is 6. The van der Waals surface area contributed by atoms with E-state index in [1.807, 2.05) is 6.07 Å². The summed E-state index contributed by atoms with van der Waals surface area (Å²) in [5.41, 5.74) is 2.99. The number of carbonyl (C=O) groups is 8. The number of hydrogen-bond acceptors (Lipinski definition) is 18. The van der Waals surface area contributed by atoms with Crippen molar-refractivity contribution in [2.45, 2.75) is 153 Å². The number of fused-ring (bicyclic) bond motifs is 5. The van der Waals surface area contributed by atoms with E-state index in [0.29, 0.717) is 63.3 Å². The van der Waals surface area contributed by atoms with E-state index in [2.05, 4.69) is 27.8 Å². The Kier molecular flexibility index (Phi) is 21.9. The van der Waals surface area contributed by atoms with Crippen LogP contribution in [0.5, 0.6) is 0 Å². The molecule has 6 amide bonds. The number of Topliss-reactive ketones (excluding diaryl/α,β-unsaturated/α-hetero) is 2. The van der Waals surface area contributed by atoms with Gasteiger partial charge in [-0.15, -0.1) is 0 Å². The first-order valence-electron chi connectivity index (χ1n) is 28.1. The van der Waals surface area contributed by atoms with Crippen LogP contribution in [0, 0.1) is 12.7 Å². The maximum atomic E-state index is 15.5. The number of aliphatic hydroxyl groups excluding tert-OH is 5. The van der Waals surface area contributed by atoms with Gasteiger partial charge in [-0.1, -0.05) is 43.8 Å². The van der Waals surface area contributed by atoms with E-state index < -0.39 is 127 Å². The number of nitrogens with one attached hydrogen (secondary N) is 4. The van der Waals surface area contributed by atoms with Crippen LogP contribution >= 0.6 is 0 Å². The number of aliphatic hydroxyl groups is 6. The number of pyridine rings is 2. The minimum Gasteiger partial charge on any atom is -0.490 e. The standard InChI is InChI=1S/C60H72FN7O17/c1-5-60(83)34(4)85-30-40-41(60)25-46-54-36(27-67(46)59(40)82)24-39-38(32(2)42(61)26-44(39)66-54)13-9-10-22-84-31-62-57(80)33(3)63-58(81)45(23-35-11-7-6-8-12-35)65-50(74)19-18-47(71)43(64-51(75)28-68-52(76)20-21-53(68)77)16-14-37(70)15-17-48(72)55(78)56(79)49(73)29-69/h6-8,11-12,20-21,24-26,33,43,45,48-49,55-56,69,72-73,78-79,83H,4-5,9-10,13-19,22-23,27-31H2,1-3H3,(H,62,80)(H,63,81)(H,64,75)(H,65,74)/t33-,43-,45-,48-,49+,55+,56+,60+/m0/s1. The molecule has 5 heterocycles. The van der Waals surface area contributed by atoms with E-state index in [-0.39, 0.29) is 76.3 Å². The summed E-state index contributed by atoms with van der Waals surface area (Å²) >= 11 is 0. The second kappa shape index (κ2) is 28.8. The molecule has 85 heavy (non-hydrogen) atoms. The highest BCUT2D eigenvalue weighted by Gasteiger charge is 2.42. The summed E-state index contributed by atoms with van der Waals surface area (Å²) in [5.74, 6) is -6.16. The Balaban J connectivity index is 0.894. The third-order valence-electron chi connectivity index (χ3n) is 15.6. The number of ether oxygens (including phenoxy) is 2. The number of rotatable bonds is 31. The molecule has 10 N–H and O–H groups in total. The smallest absolute Gasteiger partial charge is 0.258 e. The van der Waals surface area contributed by atoms with Gasteiger partial charge >= 0.3 is 0 Å². The first kappa shape index (κ1) is 64.6. The Hall–Kier alpha value is -7.91. The van der Waals surface area contributed by atoms with Gasteiger partial charge in [-0.25, -0.2) is 9.37 Å². The van der Waals surface area contributed by atoms with Crippen LogP contribution in [0.2, 0.25) is 0 Å². The average Bonchev–Trinajstić information content (AvgIpc) is 1.84. The summed E-state index contributed by atoms with van der Waals surface area (Å²) in [6, 6.07) is 9.89. The molecule has 0 aliphatic carbocycles. The van der Waals surface area contributed by atoms with Gasteiger partial charge in [0.15, 0.2) is 5.78 Å². The van der Waals surface area contributed by atoms with Crippen molar-refractivity contribution in [3.63, 3.8) is 0 Å². The van der Waals surface area contributed by atoms with Crippen molar-refractivity contribution >= 4 is 57.9 Å². The molecule has 3 aliphatic rings. The molecule has 0 spiro atoms. The van der Waals surface area contributed by atoms with Crippen molar-refractivity contribution < 1.29 is 82.9 Å². The van der Waals surface area contributed by atoms with E-state index >= 15 is 4.39 Å². The normalized spacial score (nSPS) is 17.6. The quantitative estimate of drug-likeness (QED) is 0.0164. The molecule has 0 saturated heterocycles. The Bertz CT molecular complexity index is 3300. The second-order valence-corrected chi connectivity index (χ2v) is 21.5. The van der Waals surface area contributed by atoms with Gasteiger partial charge in [0, 0.05) is 73.4 Å². The Morgan fingerprint density at radius 3 is 2.24 bits per heavy atom. The molecule has 0 saturated carbocycles. The van der Waals surface area contributed by atoms with Crippen molar-refractivity contribution in [2.75, 3.05) is 26.5 Å². The molecule has 24 nitrogen and oxygen atoms in total. The van der Waals surface area contributed by atoms with Crippen LogP contribution in [0.15, 0.2) is 77.8 Å². The maximum absolute atomic E-state index is 15.5. The fourth-order valence-corrected chi connectivity index (χ4v) is 10.4. The lowest BCUT2D eigenvalue weighted by atomic mass is 9.84. The molecular weight excluding hydrogens is 1110 g/mol. The predicted molar refractivity (Wildman–Crippen MR) is 302 cm³/mol. The van der Waals surface area contributed by atoms with Crippen LogP contribution in [0.1, 0.15) is 105 Å². The first-order valence-corrected chi connectivity index (χ1v) is 28.1. The lowest BCUT2D eigenvalue weighted by molar-refractivity contribution is -0.141. The molecule has 2 aromatic heterocycles. The van der Waals surface area contributed by atoms with Crippen molar-refractivity contribution in [1.82, 2.24) is 35.7 Å². The maximum Gasteiger partial charge on any atom is 0.258 e. The van der Waals surface area contributed by atoms with Crippen LogP contribution in [0.25, 0.3) is 22.3 Å². The summed E-state index contributed by atoms with van der Waals surface area (Å²) < 4.78 is 28.4. The zero-order chi connectivity index (χ0) is 61.9. The molecular formula is C60H72FN7O17. The Labute approximate surface area is 488 Å². The zero-order valence-electron chi connectivity index (χ0n) is 47.4. The summed E-state index contributed by atoms with van der Waals surface area (Å²) in [5, 5.41) is 71.3. The number of aromatic nitrogens is 2. The number of benzene rings is 2. The van der Waals surface area contributed by atoms with Gasteiger partial charge in [0.25, 0.3) is 17.4 Å². The lowest BCUT2D eigenvalue weighted by Gasteiger charge is -2.35. The van der Waals surface area contributed by atoms with Crippen LogP contribution < -0.4 is 26.8 Å². The fraction of sp³-hybridized carbons (Fsp3) is 0.467. The molecule has 0 bridgehead atoms. The van der Waals surface area contributed by atoms with E-state index in [9.17, 15) is 68.7 Å². The number of halogens is 1. The number of unbranched alkanes of at least 4 members (excludes halogenated alkanes) is 1. The van der Waals surface area contributed by atoms with Gasteiger partial charge < -0.3 is 65.9 Å². The lowest BCUT2D eigenvalue weighted by Crippen LogP contribution is -2.53. The number of ketones is 2. The Morgan fingerprint density at radius 2 is 1.54 bits per heavy atom.